The van der Waals surface area contributed by atoms with Gasteiger partial charge >= 0.3 is 5.97 Å². The highest BCUT2D eigenvalue weighted by atomic mass is 35.5. The van der Waals surface area contributed by atoms with Crippen LogP contribution >= 0.6 is 22.9 Å². The molecule has 0 radical (unpaired) electrons. The van der Waals surface area contributed by atoms with E-state index >= 15 is 0 Å². The van der Waals surface area contributed by atoms with Crippen molar-refractivity contribution < 1.29 is 14.3 Å². The van der Waals surface area contributed by atoms with Crippen molar-refractivity contribution in [1.29, 1.82) is 0 Å². The van der Waals surface area contributed by atoms with Crippen LogP contribution in [0, 0.1) is 6.92 Å². The van der Waals surface area contributed by atoms with E-state index in [1.165, 1.54) is 11.3 Å². The summed E-state index contributed by atoms with van der Waals surface area (Å²) in [5.74, 6) is -0.615. The third-order valence-corrected chi connectivity index (χ3v) is 4.73. The van der Waals surface area contributed by atoms with Gasteiger partial charge in [0.25, 0.3) is 0 Å². The first-order chi connectivity index (χ1) is 11.5. The second kappa shape index (κ2) is 8.26. The summed E-state index contributed by atoms with van der Waals surface area (Å²) in [7, 11) is 0. The third-order valence-electron chi connectivity index (χ3n) is 3.45. The maximum atomic E-state index is 12.3. The number of hydrogen-bond acceptors (Lipinski definition) is 5. The van der Waals surface area contributed by atoms with Gasteiger partial charge in [-0.2, -0.15) is 0 Å². The zero-order chi connectivity index (χ0) is 17.7. The van der Waals surface area contributed by atoms with Crippen LogP contribution in [0.1, 0.15) is 40.2 Å². The van der Waals surface area contributed by atoms with Gasteiger partial charge in [-0.3, -0.25) is 4.79 Å². The van der Waals surface area contributed by atoms with E-state index in [9.17, 15) is 9.59 Å². The molecule has 2 heterocycles. The molecule has 5 nitrogen and oxygen atoms in total. The predicted octanol–water partition coefficient (Wildman–Crippen LogP) is 4.03. The number of nitrogens with zero attached hydrogens (tertiary/aromatic N) is 1. The molecule has 0 atom stereocenters. The van der Waals surface area contributed by atoms with E-state index in [-0.39, 0.29) is 12.3 Å². The molecule has 2 aromatic rings. The van der Waals surface area contributed by atoms with E-state index in [0.29, 0.717) is 28.7 Å². The zero-order valence-corrected chi connectivity index (χ0v) is 15.4. The van der Waals surface area contributed by atoms with Gasteiger partial charge in [0.1, 0.15) is 10.2 Å². The smallest absolute Gasteiger partial charge is 0.341 e. The highest BCUT2D eigenvalue weighted by molar-refractivity contribution is 7.16. The lowest BCUT2D eigenvalue weighted by molar-refractivity contribution is -0.115. The Morgan fingerprint density at radius 1 is 1.33 bits per heavy atom. The number of halogens is 1. The van der Waals surface area contributed by atoms with Crippen LogP contribution in [-0.2, 0) is 22.4 Å². The fourth-order valence-electron chi connectivity index (χ4n) is 2.38. The number of aromatic nitrogens is 1. The topological polar surface area (TPSA) is 68.3 Å². The molecule has 1 amide bonds. The van der Waals surface area contributed by atoms with Crippen molar-refractivity contribution in [3.05, 3.63) is 45.1 Å². The standard InChI is InChI=1S/C17H19ClN2O3S/c1-4-12-10(3)24-16(15(12)17(22)23-5-2)20-14(21)8-11-6-7-13(18)19-9-11/h6-7,9H,4-5,8H2,1-3H3,(H,20,21). The second-order valence-electron chi connectivity index (χ2n) is 5.13. The second-order valence-corrected chi connectivity index (χ2v) is 6.74. The molecular weight excluding hydrogens is 348 g/mol. The van der Waals surface area contributed by atoms with Crippen LogP contribution in [0.2, 0.25) is 5.15 Å². The Balaban J connectivity index is 2.20. The van der Waals surface area contributed by atoms with Gasteiger partial charge in [-0.25, -0.2) is 9.78 Å². The maximum Gasteiger partial charge on any atom is 0.341 e. The summed E-state index contributed by atoms with van der Waals surface area (Å²) in [6, 6.07) is 3.39. The third kappa shape index (κ3) is 4.33. The average Bonchev–Trinajstić information content (AvgIpc) is 2.85. The predicted molar refractivity (Wildman–Crippen MR) is 96.0 cm³/mol. The van der Waals surface area contributed by atoms with Crippen molar-refractivity contribution in [3.8, 4) is 0 Å². The number of rotatable bonds is 6. The lowest BCUT2D eigenvalue weighted by Gasteiger charge is -2.08. The number of anilines is 1. The number of carbonyl (C=O) groups is 2. The number of ether oxygens (including phenoxy) is 1. The minimum absolute atomic E-state index is 0.158. The van der Waals surface area contributed by atoms with Gasteiger partial charge < -0.3 is 10.1 Å². The quantitative estimate of drug-likeness (QED) is 0.619. The fraction of sp³-hybridized carbons (Fsp3) is 0.353. The van der Waals surface area contributed by atoms with Crippen LogP contribution in [0.25, 0.3) is 0 Å². The Bertz CT molecular complexity index is 741. The summed E-state index contributed by atoms with van der Waals surface area (Å²) in [6.07, 6.45) is 2.42. The Kier molecular flexibility index (Phi) is 6.34. The van der Waals surface area contributed by atoms with E-state index in [1.54, 1.807) is 25.3 Å². The first-order valence-corrected chi connectivity index (χ1v) is 8.85. The molecular formula is C17H19ClN2O3S. The van der Waals surface area contributed by atoms with Crippen molar-refractivity contribution in [3.63, 3.8) is 0 Å². The summed E-state index contributed by atoms with van der Waals surface area (Å²) < 4.78 is 5.13. The molecule has 0 saturated carbocycles. The lowest BCUT2D eigenvalue weighted by Crippen LogP contribution is -2.17. The van der Waals surface area contributed by atoms with Gasteiger partial charge in [-0.15, -0.1) is 11.3 Å². The monoisotopic (exact) mass is 366 g/mol. The molecule has 0 aromatic carbocycles. The van der Waals surface area contributed by atoms with E-state index in [4.69, 9.17) is 16.3 Å². The number of thiophene rings is 1. The van der Waals surface area contributed by atoms with Gasteiger partial charge in [0.15, 0.2) is 0 Å². The number of aryl methyl sites for hydroxylation is 1. The Hall–Kier alpha value is -1.92. The minimum atomic E-state index is -0.401. The van der Waals surface area contributed by atoms with Crippen LogP contribution < -0.4 is 5.32 Å². The van der Waals surface area contributed by atoms with Crippen molar-refractivity contribution in [2.75, 3.05) is 11.9 Å². The molecule has 0 fully saturated rings. The molecule has 128 valence electrons. The summed E-state index contributed by atoms with van der Waals surface area (Å²) in [5.41, 5.74) is 2.13. The molecule has 2 rings (SSSR count). The van der Waals surface area contributed by atoms with E-state index in [1.807, 2.05) is 13.8 Å². The number of carbonyl (C=O) groups excluding carboxylic acids is 2. The van der Waals surface area contributed by atoms with Crippen molar-refractivity contribution >= 4 is 39.8 Å². The fourth-order valence-corrected chi connectivity index (χ4v) is 3.64. The summed E-state index contributed by atoms with van der Waals surface area (Å²) in [5, 5.41) is 3.74. The lowest BCUT2D eigenvalue weighted by atomic mass is 10.1. The van der Waals surface area contributed by atoms with Crippen LogP contribution in [-0.4, -0.2) is 23.5 Å². The van der Waals surface area contributed by atoms with Crippen molar-refractivity contribution in [2.45, 2.75) is 33.6 Å². The molecule has 2 aromatic heterocycles. The Morgan fingerprint density at radius 2 is 2.08 bits per heavy atom. The summed E-state index contributed by atoms with van der Waals surface area (Å²) >= 11 is 7.13. The van der Waals surface area contributed by atoms with Crippen LogP contribution in [0.3, 0.4) is 0 Å². The molecule has 0 bridgehead atoms. The average molecular weight is 367 g/mol. The number of pyridine rings is 1. The van der Waals surface area contributed by atoms with Crippen molar-refractivity contribution in [1.82, 2.24) is 4.98 Å². The van der Waals surface area contributed by atoms with E-state index in [2.05, 4.69) is 10.3 Å². The Labute approximate surface area is 150 Å². The first-order valence-electron chi connectivity index (χ1n) is 7.65. The SMILES string of the molecule is CCOC(=O)c1c(NC(=O)Cc2ccc(Cl)nc2)sc(C)c1CC. The minimum Gasteiger partial charge on any atom is -0.462 e. The van der Waals surface area contributed by atoms with E-state index < -0.39 is 5.97 Å². The Morgan fingerprint density at radius 3 is 2.67 bits per heavy atom. The number of nitrogens with one attached hydrogen (secondary N) is 1. The largest absolute Gasteiger partial charge is 0.462 e. The van der Waals surface area contributed by atoms with Crippen molar-refractivity contribution in [2.24, 2.45) is 0 Å². The number of hydrogen-bond donors (Lipinski definition) is 1. The molecule has 0 aliphatic carbocycles. The zero-order valence-electron chi connectivity index (χ0n) is 13.8. The molecule has 0 aliphatic heterocycles. The van der Waals surface area contributed by atoms with E-state index in [0.717, 1.165) is 16.0 Å². The molecule has 0 saturated heterocycles. The van der Waals surface area contributed by atoms with Gasteiger partial charge in [0.05, 0.1) is 18.6 Å². The highest BCUT2D eigenvalue weighted by Crippen LogP contribution is 2.34. The normalized spacial score (nSPS) is 10.5. The number of amides is 1. The van der Waals surface area contributed by atoms with Crippen LogP contribution in [0.5, 0.6) is 0 Å². The molecule has 24 heavy (non-hydrogen) atoms. The van der Waals surface area contributed by atoms with Gasteiger partial charge in [0.2, 0.25) is 5.91 Å². The van der Waals surface area contributed by atoms with Gasteiger partial charge in [0, 0.05) is 11.1 Å². The van der Waals surface area contributed by atoms with Gasteiger partial charge in [-0.1, -0.05) is 24.6 Å². The first kappa shape index (κ1) is 18.4. The number of esters is 1. The molecule has 1 N–H and O–H groups in total. The highest BCUT2D eigenvalue weighted by Gasteiger charge is 2.23. The summed E-state index contributed by atoms with van der Waals surface area (Å²) in [4.78, 5) is 29.5. The molecule has 0 aliphatic rings. The molecule has 7 heteroatoms. The maximum absolute atomic E-state index is 12.3. The van der Waals surface area contributed by atoms with Gasteiger partial charge in [-0.05, 0) is 37.5 Å². The molecule has 0 spiro atoms. The van der Waals surface area contributed by atoms with Crippen LogP contribution in [0.4, 0.5) is 5.00 Å². The molecule has 0 unspecified atom stereocenters. The van der Waals surface area contributed by atoms with Crippen LogP contribution in [0.15, 0.2) is 18.3 Å². The summed E-state index contributed by atoms with van der Waals surface area (Å²) in [6.45, 7) is 5.96.